The van der Waals surface area contributed by atoms with Crippen molar-refractivity contribution in [2.45, 2.75) is 32.7 Å². The third-order valence-corrected chi connectivity index (χ3v) is 3.85. The molecule has 126 valence electrons. The second-order valence-corrected chi connectivity index (χ2v) is 5.98. The number of rotatable bonds is 6. The highest BCUT2D eigenvalue weighted by molar-refractivity contribution is 5.96. The summed E-state index contributed by atoms with van der Waals surface area (Å²) in [5.74, 6) is -0.870. The van der Waals surface area contributed by atoms with Gasteiger partial charge in [0.1, 0.15) is 6.04 Å². The third-order valence-electron chi connectivity index (χ3n) is 3.85. The highest BCUT2D eigenvalue weighted by Crippen LogP contribution is 2.08. The van der Waals surface area contributed by atoms with E-state index in [-0.39, 0.29) is 30.0 Å². The highest BCUT2D eigenvalue weighted by atomic mass is 16.3. The van der Waals surface area contributed by atoms with Crippen LogP contribution in [0.4, 0.5) is 0 Å². The Morgan fingerprint density at radius 1 is 1.26 bits per heavy atom. The summed E-state index contributed by atoms with van der Waals surface area (Å²) < 4.78 is 5.02. The number of amides is 3. The van der Waals surface area contributed by atoms with Crippen molar-refractivity contribution < 1.29 is 18.8 Å². The summed E-state index contributed by atoms with van der Waals surface area (Å²) in [6.45, 7) is 5.11. The Hall–Kier alpha value is -2.31. The molecule has 0 saturated carbocycles. The van der Waals surface area contributed by atoms with Crippen molar-refractivity contribution in [2.24, 2.45) is 5.92 Å². The van der Waals surface area contributed by atoms with Gasteiger partial charge in [-0.15, -0.1) is 0 Å². The Morgan fingerprint density at radius 3 is 2.52 bits per heavy atom. The van der Waals surface area contributed by atoms with E-state index in [0.717, 1.165) is 25.9 Å². The molecule has 2 rings (SSSR count). The molecule has 1 aromatic rings. The smallest absolute Gasteiger partial charge is 0.287 e. The molecule has 0 radical (unpaired) electrons. The maximum Gasteiger partial charge on any atom is 0.287 e. The molecular formula is C16H23N3O4. The molecule has 1 aliphatic rings. The molecule has 7 heteroatoms. The van der Waals surface area contributed by atoms with Gasteiger partial charge in [-0.1, -0.05) is 13.8 Å². The van der Waals surface area contributed by atoms with Crippen molar-refractivity contribution >= 4 is 17.7 Å². The Bertz CT molecular complexity index is 548. The lowest BCUT2D eigenvalue weighted by atomic mass is 10.0. The monoisotopic (exact) mass is 321 g/mol. The maximum atomic E-state index is 12.3. The van der Waals surface area contributed by atoms with E-state index in [1.54, 1.807) is 11.0 Å². The van der Waals surface area contributed by atoms with Gasteiger partial charge in [0, 0.05) is 13.1 Å². The molecule has 23 heavy (non-hydrogen) atoms. The summed E-state index contributed by atoms with van der Waals surface area (Å²) in [6, 6.07) is 2.41. The molecule has 3 amide bonds. The fourth-order valence-corrected chi connectivity index (χ4v) is 2.51. The van der Waals surface area contributed by atoms with Crippen LogP contribution in [-0.2, 0) is 9.59 Å². The molecule has 1 unspecified atom stereocenters. The zero-order valence-electron chi connectivity index (χ0n) is 13.5. The molecular weight excluding hydrogens is 298 g/mol. The quantitative estimate of drug-likeness (QED) is 0.809. The van der Waals surface area contributed by atoms with Crippen molar-refractivity contribution in [2.75, 3.05) is 19.6 Å². The second kappa shape index (κ2) is 7.80. The average molecular weight is 321 g/mol. The van der Waals surface area contributed by atoms with Crippen LogP contribution < -0.4 is 10.6 Å². The van der Waals surface area contributed by atoms with Crippen LogP contribution >= 0.6 is 0 Å². The minimum absolute atomic E-state index is 0.0430. The molecule has 1 atom stereocenters. The van der Waals surface area contributed by atoms with Gasteiger partial charge >= 0.3 is 0 Å². The van der Waals surface area contributed by atoms with E-state index < -0.39 is 11.9 Å². The number of furan rings is 1. The standard InChI is InChI=1S/C16H23N3O4/c1-11(2)14(18-15(21)12-6-5-9-23-12)16(22)17-10-13(20)19-7-3-4-8-19/h5-6,9,11,14H,3-4,7-8,10H2,1-2H3,(H,17,22)(H,18,21). The van der Waals surface area contributed by atoms with Crippen LogP contribution in [-0.4, -0.2) is 48.3 Å². The minimum atomic E-state index is -0.723. The normalized spacial score (nSPS) is 15.5. The van der Waals surface area contributed by atoms with Crippen molar-refractivity contribution in [1.82, 2.24) is 15.5 Å². The molecule has 1 aromatic heterocycles. The van der Waals surface area contributed by atoms with Crippen LogP contribution in [0.5, 0.6) is 0 Å². The second-order valence-electron chi connectivity index (χ2n) is 5.98. The minimum Gasteiger partial charge on any atom is -0.459 e. The fourth-order valence-electron chi connectivity index (χ4n) is 2.51. The average Bonchev–Trinajstić information content (AvgIpc) is 3.22. The van der Waals surface area contributed by atoms with Crippen molar-refractivity contribution in [3.05, 3.63) is 24.2 Å². The highest BCUT2D eigenvalue weighted by Gasteiger charge is 2.26. The van der Waals surface area contributed by atoms with Crippen molar-refractivity contribution in [3.8, 4) is 0 Å². The summed E-state index contributed by atoms with van der Waals surface area (Å²) in [6.07, 6.45) is 3.41. The number of carbonyl (C=O) groups excluding carboxylic acids is 3. The number of carbonyl (C=O) groups is 3. The van der Waals surface area contributed by atoms with Gasteiger partial charge in [0.15, 0.2) is 5.76 Å². The summed E-state index contributed by atoms with van der Waals surface area (Å²) in [5, 5.41) is 5.26. The van der Waals surface area contributed by atoms with E-state index in [9.17, 15) is 14.4 Å². The molecule has 2 heterocycles. The molecule has 0 bridgehead atoms. The van der Waals surface area contributed by atoms with E-state index in [0.29, 0.717) is 0 Å². The van der Waals surface area contributed by atoms with Crippen molar-refractivity contribution in [1.29, 1.82) is 0 Å². The van der Waals surface area contributed by atoms with Gasteiger partial charge in [-0.25, -0.2) is 0 Å². The van der Waals surface area contributed by atoms with Gasteiger partial charge in [0.25, 0.3) is 5.91 Å². The number of nitrogens with zero attached hydrogens (tertiary/aromatic N) is 1. The summed E-state index contributed by atoms with van der Waals surface area (Å²) >= 11 is 0. The predicted molar refractivity (Wildman–Crippen MR) is 83.6 cm³/mol. The van der Waals surface area contributed by atoms with E-state index in [4.69, 9.17) is 4.42 Å². The van der Waals surface area contributed by atoms with Crippen LogP contribution in [0.2, 0.25) is 0 Å². The van der Waals surface area contributed by atoms with Crippen LogP contribution in [0.3, 0.4) is 0 Å². The number of nitrogens with one attached hydrogen (secondary N) is 2. The number of hydrogen-bond acceptors (Lipinski definition) is 4. The molecule has 0 aliphatic carbocycles. The number of hydrogen-bond donors (Lipinski definition) is 2. The molecule has 0 spiro atoms. The molecule has 1 saturated heterocycles. The summed E-state index contributed by atoms with van der Waals surface area (Å²) in [7, 11) is 0. The van der Waals surface area contributed by atoms with E-state index in [2.05, 4.69) is 10.6 Å². The zero-order chi connectivity index (χ0) is 16.8. The first kappa shape index (κ1) is 17.1. The zero-order valence-corrected chi connectivity index (χ0v) is 13.5. The summed E-state index contributed by atoms with van der Waals surface area (Å²) in [4.78, 5) is 38.0. The van der Waals surface area contributed by atoms with Gasteiger partial charge in [-0.2, -0.15) is 0 Å². The third kappa shape index (κ3) is 4.58. The first-order chi connectivity index (χ1) is 11.0. The molecule has 1 fully saturated rings. The van der Waals surface area contributed by atoms with Crippen LogP contribution in [0, 0.1) is 5.92 Å². The first-order valence-electron chi connectivity index (χ1n) is 7.89. The van der Waals surface area contributed by atoms with E-state index in [1.165, 1.54) is 12.3 Å². The van der Waals surface area contributed by atoms with Gasteiger partial charge in [-0.3, -0.25) is 14.4 Å². The predicted octanol–water partition coefficient (Wildman–Crippen LogP) is 0.773. The fraction of sp³-hybridized carbons (Fsp3) is 0.562. The SMILES string of the molecule is CC(C)C(NC(=O)c1ccco1)C(=O)NCC(=O)N1CCCC1. The first-order valence-corrected chi connectivity index (χ1v) is 7.89. The largest absolute Gasteiger partial charge is 0.459 e. The maximum absolute atomic E-state index is 12.3. The molecule has 0 aromatic carbocycles. The van der Waals surface area contributed by atoms with Crippen LogP contribution in [0.15, 0.2) is 22.8 Å². The van der Waals surface area contributed by atoms with Gasteiger partial charge in [-0.05, 0) is 30.9 Å². The molecule has 7 nitrogen and oxygen atoms in total. The Balaban J connectivity index is 1.87. The Labute approximate surface area is 135 Å². The van der Waals surface area contributed by atoms with Gasteiger partial charge in [0.2, 0.25) is 11.8 Å². The molecule has 2 N–H and O–H groups in total. The lowest BCUT2D eigenvalue weighted by Crippen LogP contribution is -2.51. The van der Waals surface area contributed by atoms with Crippen LogP contribution in [0.1, 0.15) is 37.2 Å². The lowest BCUT2D eigenvalue weighted by molar-refractivity contribution is -0.132. The van der Waals surface area contributed by atoms with Gasteiger partial charge < -0.3 is 20.0 Å². The van der Waals surface area contributed by atoms with Crippen molar-refractivity contribution in [3.63, 3.8) is 0 Å². The number of likely N-dealkylation sites (tertiary alicyclic amines) is 1. The lowest BCUT2D eigenvalue weighted by Gasteiger charge is -2.22. The van der Waals surface area contributed by atoms with Gasteiger partial charge in [0.05, 0.1) is 12.8 Å². The summed E-state index contributed by atoms with van der Waals surface area (Å²) in [5.41, 5.74) is 0. The van der Waals surface area contributed by atoms with Crippen LogP contribution in [0.25, 0.3) is 0 Å². The van der Waals surface area contributed by atoms with E-state index in [1.807, 2.05) is 13.8 Å². The Morgan fingerprint density at radius 2 is 1.96 bits per heavy atom. The Kier molecular flexibility index (Phi) is 5.78. The molecule has 1 aliphatic heterocycles. The van der Waals surface area contributed by atoms with E-state index >= 15 is 0 Å². The topological polar surface area (TPSA) is 91.6 Å².